The van der Waals surface area contributed by atoms with Gasteiger partial charge in [-0.3, -0.25) is 0 Å². The van der Waals surface area contributed by atoms with E-state index in [2.05, 4.69) is 12.6 Å². The van der Waals surface area contributed by atoms with Gasteiger partial charge < -0.3 is 9.84 Å². The van der Waals surface area contributed by atoms with Gasteiger partial charge in [0.15, 0.2) is 0 Å². The van der Waals surface area contributed by atoms with E-state index in [1.165, 1.54) is 5.56 Å². The molecule has 0 unspecified atom stereocenters. The van der Waals surface area contributed by atoms with Crippen LogP contribution in [0.5, 0.6) is 11.5 Å². The fourth-order valence-corrected chi connectivity index (χ4v) is 2.27. The third kappa shape index (κ3) is 1.86. The largest absolute Gasteiger partial charge is 0.508 e. The third-order valence-electron chi connectivity index (χ3n) is 3.26. The fraction of sp³-hybridized carbons (Fsp3) is 0.125. The molecule has 2 aromatic carbocycles. The summed E-state index contributed by atoms with van der Waals surface area (Å²) in [4.78, 5) is 0. The number of ether oxygens (including phenoxy) is 1. The first-order valence-corrected chi connectivity index (χ1v) is 5.97. The third-order valence-corrected chi connectivity index (χ3v) is 3.26. The predicted octanol–water partition coefficient (Wildman–Crippen LogP) is 3.71. The Morgan fingerprint density at radius 2 is 1.94 bits per heavy atom. The highest BCUT2D eigenvalue weighted by Gasteiger charge is 2.24. The van der Waals surface area contributed by atoms with Gasteiger partial charge in [-0.15, -0.1) is 0 Å². The van der Waals surface area contributed by atoms with Crippen LogP contribution in [0.4, 0.5) is 0 Å². The first kappa shape index (κ1) is 10.9. The molecule has 0 spiro atoms. The minimum atomic E-state index is 0.0423. The number of aromatic hydroxyl groups is 1. The summed E-state index contributed by atoms with van der Waals surface area (Å²) < 4.78 is 5.92. The molecule has 0 saturated carbocycles. The lowest BCUT2D eigenvalue weighted by molar-refractivity contribution is 0.238. The molecule has 2 aromatic rings. The van der Waals surface area contributed by atoms with Crippen molar-refractivity contribution >= 4 is 6.08 Å². The predicted molar refractivity (Wildman–Crippen MR) is 71.7 cm³/mol. The van der Waals surface area contributed by atoms with Gasteiger partial charge in [0.1, 0.15) is 17.6 Å². The van der Waals surface area contributed by atoms with Gasteiger partial charge in [-0.25, -0.2) is 0 Å². The van der Waals surface area contributed by atoms with Gasteiger partial charge in [0.05, 0.1) is 0 Å². The Bertz CT molecular complexity index is 585. The smallest absolute Gasteiger partial charge is 0.128 e. The summed E-state index contributed by atoms with van der Waals surface area (Å²) in [6, 6.07) is 13.3. The molecule has 1 atom stereocenters. The van der Waals surface area contributed by atoms with Crippen LogP contribution < -0.4 is 4.74 Å². The zero-order valence-corrected chi connectivity index (χ0v) is 9.97. The van der Waals surface area contributed by atoms with Gasteiger partial charge in [0, 0.05) is 6.42 Å². The summed E-state index contributed by atoms with van der Waals surface area (Å²) in [5.41, 5.74) is 3.42. The maximum absolute atomic E-state index is 9.29. The molecular formula is C16H14O2. The Morgan fingerprint density at radius 3 is 2.67 bits per heavy atom. The standard InChI is InChI=1S/C16H14O2/c1-2-11-3-8-15-13(9-11)10-16(18-15)12-4-6-14(17)7-5-12/h2-9,16-17H,1,10H2/t16-/m0/s1. The lowest BCUT2D eigenvalue weighted by Gasteiger charge is -2.10. The topological polar surface area (TPSA) is 29.5 Å². The summed E-state index contributed by atoms with van der Waals surface area (Å²) in [6.07, 6.45) is 2.75. The molecule has 0 aliphatic carbocycles. The molecule has 90 valence electrons. The van der Waals surface area contributed by atoms with Crippen LogP contribution in [0.3, 0.4) is 0 Å². The van der Waals surface area contributed by atoms with Crippen LogP contribution in [0.15, 0.2) is 49.0 Å². The molecular weight excluding hydrogens is 224 g/mol. The zero-order chi connectivity index (χ0) is 12.5. The van der Waals surface area contributed by atoms with Gasteiger partial charge in [0.25, 0.3) is 0 Å². The van der Waals surface area contributed by atoms with E-state index in [-0.39, 0.29) is 11.9 Å². The lowest BCUT2D eigenvalue weighted by Crippen LogP contribution is -2.02. The molecule has 1 heterocycles. The summed E-state index contributed by atoms with van der Waals surface area (Å²) in [6.45, 7) is 3.77. The van der Waals surface area contributed by atoms with Crippen molar-refractivity contribution in [3.05, 3.63) is 65.7 Å². The SMILES string of the molecule is C=Cc1ccc2c(c1)C[C@@H](c1ccc(O)cc1)O2. The van der Waals surface area contributed by atoms with Gasteiger partial charge >= 0.3 is 0 Å². The van der Waals surface area contributed by atoms with Crippen molar-refractivity contribution < 1.29 is 9.84 Å². The van der Waals surface area contributed by atoms with Crippen molar-refractivity contribution in [1.29, 1.82) is 0 Å². The van der Waals surface area contributed by atoms with E-state index in [0.29, 0.717) is 0 Å². The van der Waals surface area contributed by atoms with Crippen LogP contribution in [-0.4, -0.2) is 5.11 Å². The van der Waals surface area contributed by atoms with Crippen LogP contribution >= 0.6 is 0 Å². The number of hydrogen-bond acceptors (Lipinski definition) is 2. The van der Waals surface area contributed by atoms with E-state index >= 15 is 0 Å². The molecule has 0 radical (unpaired) electrons. The van der Waals surface area contributed by atoms with E-state index in [1.54, 1.807) is 12.1 Å². The molecule has 1 N–H and O–H groups in total. The molecule has 0 bridgehead atoms. The number of phenolic OH excluding ortho intramolecular Hbond substituents is 1. The second-order valence-electron chi connectivity index (χ2n) is 4.47. The van der Waals surface area contributed by atoms with Gasteiger partial charge in [-0.05, 0) is 41.0 Å². The summed E-state index contributed by atoms with van der Waals surface area (Å²) in [7, 11) is 0. The maximum atomic E-state index is 9.29. The van der Waals surface area contributed by atoms with Gasteiger partial charge in [-0.1, -0.05) is 30.9 Å². The minimum absolute atomic E-state index is 0.0423. The van der Waals surface area contributed by atoms with Crippen LogP contribution in [0.1, 0.15) is 22.8 Å². The van der Waals surface area contributed by atoms with Crippen molar-refractivity contribution in [2.24, 2.45) is 0 Å². The van der Waals surface area contributed by atoms with Crippen molar-refractivity contribution in [2.75, 3.05) is 0 Å². The molecule has 0 saturated heterocycles. The highest BCUT2D eigenvalue weighted by Crippen LogP contribution is 2.37. The molecule has 0 fully saturated rings. The highest BCUT2D eigenvalue weighted by molar-refractivity contribution is 5.53. The normalized spacial score (nSPS) is 17.0. The molecule has 18 heavy (non-hydrogen) atoms. The Hall–Kier alpha value is -2.22. The Morgan fingerprint density at radius 1 is 1.17 bits per heavy atom. The molecule has 0 aromatic heterocycles. The maximum Gasteiger partial charge on any atom is 0.128 e. The second-order valence-corrected chi connectivity index (χ2v) is 4.47. The van der Waals surface area contributed by atoms with Gasteiger partial charge in [0.2, 0.25) is 0 Å². The fourth-order valence-electron chi connectivity index (χ4n) is 2.27. The van der Waals surface area contributed by atoms with Crippen molar-refractivity contribution in [3.8, 4) is 11.5 Å². The van der Waals surface area contributed by atoms with Gasteiger partial charge in [-0.2, -0.15) is 0 Å². The second kappa shape index (κ2) is 4.22. The van der Waals surface area contributed by atoms with E-state index in [9.17, 15) is 5.11 Å². The summed E-state index contributed by atoms with van der Waals surface area (Å²) >= 11 is 0. The molecule has 3 rings (SSSR count). The molecule has 1 aliphatic rings. The minimum Gasteiger partial charge on any atom is -0.508 e. The first-order chi connectivity index (χ1) is 8.76. The van der Waals surface area contributed by atoms with Crippen molar-refractivity contribution in [2.45, 2.75) is 12.5 Å². The zero-order valence-electron chi connectivity index (χ0n) is 9.97. The number of rotatable bonds is 2. The molecule has 2 nitrogen and oxygen atoms in total. The van der Waals surface area contributed by atoms with Crippen LogP contribution in [0.2, 0.25) is 0 Å². The quantitative estimate of drug-likeness (QED) is 0.864. The average Bonchev–Trinajstić information content (AvgIpc) is 2.82. The number of phenols is 1. The molecule has 0 amide bonds. The Kier molecular flexibility index (Phi) is 2.56. The summed E-state index contributed by atoms with van der Waals surface area (Å²) in [5, 5.41) is 9.29. The average molecular weight is 238 g/mol. The highest BCUT2D eigenvalue weighted by atomic mass is 16.5. The summed E-state index contributed by atoms with van der Waals surface area (Å²) in [5.74, 6) is 1.22. The van der Waals surface area contributed by atoms with E-state index in [1.807, 2.05) is 30.3 Å². The molecule has 2 heteroatoms. The molecule has 1 aliphatic heterocycles. The van der Waals surface area contributed by atoms with Crippen molar-refractivity contribution in [3.63, 3.8) is 0 Å². The first-order valence-electron chi connectivity index (χ1n) is 5.97. The monoisotopic (exact) mass is 238 g/mol. The Balaban J connectivity index is 1.88. The van der Waals surface area contributed by atoms with Crippen LogP contribution in [0.25, 0.3) is 6.08 Å². The number of fused-ring (bicyclic) bond motifs is 1. The van der Waals surface area contributed by atoms with Crippen LogP contribution in [-0.2, 0) is 6.42 Å². The number of hydrogen-bond donors (Lipinski definition) is 1. The van der Waals surface area contributed by atoms with E-state index < -0.39 is 0 Å². The Labute approximate surface area is 106 Å². The van der Waals surface area contributed by atoms with Crippen LogP contribution in [0, 0.1) is 0 Å². The van der Waals surface area contributed by atoms with E-state index in [4.69, 9.17) is 4.74 Å². The number of benzene rings is 2. The lowest BCUT2D eigenvalue weighted by atomic mass is 10.0. The van der Waals surface area contributed by atoms with Crippen molar-refractivity contribution in [1.82, 2.24) is 0 Å². The van der Waals surface area contributed by atoms with E-state index in [0.717, 1.165) is 23.3 Å².